The van der Waals surface area contributed by atoms with E-state index in [1.165, 1.54) is 5.56 Å². The maximum absolute atomic E-state index is 6.18. The van der Waals surface area contributed by atoms with Crippen LogP contribution < -0.4 is 5.32 Å². The molecule has 1 N–H and O–H groups in total. The second-order valence-corrected chi connectivity index (χ2v) is 5.00. The van der Waals surface area contributed by atoms with Crippen LogP contribution in [-0.2, 0) is 0 Å². The van der Waals surface area contributed by atoms with E-state index in [-0.39, 0.29) is 0 Å². The van der Waals surface area contributed by atoms with Gasteiger partial charge < -0.3 is 5.32 Å². The largest absolute Gasteiger partial charge is 0.310 e. The van der Waals surface area contributed by atoms with E-state index in [9.17, 15) is 0 Å². The van der Waals surface area contributed by atoms with Crippen LogP contribution >= 0.6 is 11.6 Å². The monoisotopic (exact) mass is 278 g/mol. The van der Waals surface area contributed by atoms with Gasteiger partial charge in [0.2, 0.25) is 0 Å². The van der Waals surface area contributed by atoms with E-state index in [2.05, 4.69) is 29.2 Å². The molecule has 0 aliphatic carbocycles. The van der Waals surface area contributed by atoms with Crippen molar-refractivity contribution in [2.45, 2.75) is 33.7 Å². The number of aromatic nitrogens is 3. The Morgan fingerprint density at radius 2 is 2.16 bits per heavy atom. The molecule has 4 nitrogen and oxygen atoms in total. The summed E-state index contributed by atoms with van der Waals surface area (Å²) in [6.45, 7) is 9.02. The minimum atomic E-state index is 0.291. The summed E-state index contributed by atoms with van der Waals surface area (Å²) >= 11 is 6.18. The number of hydrogen-bond acceptors (Lipinski definition) is 3. The number of pyridine rings is 1. The van der Waals surface area contributed by atoms with Crippen LogP contribution in [0.25, 0.3) is 5.82 Å². The second-order valence-electron chi connectivity index (χ2n) is 4.62. The van der Waals surface area contributed by atoms with Gasteiger partial charge in [0.05, 0.1) is 16.4 Å². The van der Waals surface area contributed by atoms with E-state index in [1.54, 1.807) is 4.68 Å². The van der Waals surface area contributed by atoms with Gasteiger partial charge in [-0.2, -0.15) is 5.10 Å². The number of hydrogen-bond donors (Lipinski definition) is 1. The Kier molecular flexibility index (Phi) is 4.22. The fraction of sp³-hybridized carbons (Fsp3) is 0.429. The molecule has 1 unspecified atom stereocenters. The highest BCUT2D eigenvalue weighted by atomic mass is 35.5. The fourth-order valence-corrected chi connectivity index (χ4v) is 2.21. The quantitative estimate of drug-likeness (QED) is 0.934. The summed E-state index contributed by atoms with van der Waals surface area (Å²) in [6.07, 6.45) is 1.81. The first-order valence-electron chi connectivity index (χ1n) is 6.46. The van der Waals surface area contributed by atoms with Gasteiger partial charge in [-0.25, -0.2) is 9.67 Å². The van der Waals surface area contributed by atoms with Crippen molar-refractivity contribution >= 4 is 11.6 Å². The molecule has 0 fully saturated rings. The first-order valence-corrected chi connectivity index (χ1v) is 6.83. The molecule has 0 aliphatic heterocycles. The first kappa shape index (κ1) is 14.0. The summed E-state index contributed by atoms with van der Waals surface area (Å²) in [6, 6.07) is 4.35. The third kappa shape index (κ3) is 2.80. The SMILES string of the molecule is CCNC(C)c1ccnc(-n2nc(C)c(Cl)c2C)c1. The summed E-state index contributed by atoms with van der Waals surface area (Å²) in [7, 11) is 0. The Bertz CT molecular complexity index is 577. The predicted molar refractivity (Wildman–Crippen MR) is 77.9 cm³/mol. The zero-order chi connectivity index (χ0) is 14.0. The van der Waals surface area contributed by atoms with E-state index in [0.717, 1.165) is 23.8 Å². The van der Waals surface area contributed by atoms with E-state index in [1.807, 2.05) is 32.2 Å². The van der Waals surface area contributed by atoms with Gasteiger partial charge >= 0.3 is 0 Å². The van der Waals surface area contributed by atoms with Gasteiger partial charge in [-0.15, -0.1) is 0 Å². The van der Waals surface area contributed by atoms with Crippen LogP contribution in [-0.4, -0.2) is 21.3 Å². The lowest BCUT2D eigenvalue weighted by Crippen LogP contribution is -2.18. The molecule has 2 aromatic heterocycles. The second kappa shape index (κ2) is 5.72. The van der Waals surface area contributed by atoms with Crippen molar-refractivity contribution in [1.82, 2.24) is 20.1 Å². The van der Waals surface area contributed by atoms with Gasteiger partial charge in [-0.1, -0.05) is 18.5 Å². The minimum Gasteiger partial charge on any atom is -0.310 e. The number of nitrogens with zero attached hydrogens (tertiary/aromatic N) is 3. The normalized spacial score (nSPS) is 12.7. The summed E-state index contributed by atoms with van der Waals surface area (Å²) in [5, 5.41) is 8.52. The van der Waals surface area contributed by atoms with E-state index < -0.39 is 0 Å². The molecule has 2 rings (SSSR count). The lowest BCUT2D eigenvalue weighted by Gasteiger charge is -2.13. The van der Waals surface area contributed by atoms with Crippen molar-refractivity contribution in [2.75, 3.05) is 6.54 Å². The van der Waals surface area contributed by atoms with Gasteiger partial charge in [-0.3, -0.25) is 0 Å². The van der Waals surface area contributed by atoms with Crippen molar-refractivity contribution in [3.63, 3.8) is 0 Å². The average molecular weight is 279 g/mol. The molecular weight excluding hydrogens is 260 g/mol. The summed E-state index contributed by atoms with van der Waals surface area (Å²) < 4.78 is 1.79. The van der Waals surface area contributed by atoms with E-state index in [4.69, 9.17) is 11.6 Å². The summed E-state index contributed by atoms with van der Waals surface area (Å²) in [5.74, 6) is 0.801. The predicted octanol–water partition coefficient (Wildman–Crippen LogP) is 3.21. The van der Waals surface area contributed by atoms with E-state index >= 15 is 0 Å². The Morgan fingerprint density at radius 3 is 2.74 bits per heavy atom. The number of aryl methyl sites for hydroxylation is 1. The maximum Gasteiger partial charge on any atom is 0.153 e. The van der Waals surface area contributed by atoms with Crippen LogP contribution in [0.1, 0.15) is 36.8 Å². The van der Waals surface area contributed by atoms with Crippen LogP contribution in [0.3, 0.4) is 0 Å². The van der Waals surface area contributed by atoms with E-state index in [0.29, 0.717) is 11.1 Å². The van der Waals surface area contributed by atoms with Crippen molar-refractivity contribution in [3.8, 4) is 5.82 Å². The smallest absolute Gasteiger partial charge is 0.153 e. The highest BCUT2D eigenvalue weighted by Crippen LogP contribution is 2.22. The van der Waals surface area contributed by atoms with Crippen LogP contribution in [0.15, 0.2) is 18.3 Å². The molecule has 102 valence electrons. The number of rotatable bonds is 4. The summed E-state index contributed by atoms with van der Waals surface area (Å²) in [5.41, 5.74) is 2.93. The maximum atomic E-state index is 6.18. The van der Waals surface area contributed by atoms with Gasteiger partial charge in [0.15, 0.2) is 5.82 Å². The van der Waals surface area contributed by atoms with Crippen LogP contribution in [0.4, 0.5) is 0 Å². The molecule has 1 atom stereocenters. The first-order chi connectivity index (χ1) is 9.04. The minimum absolute atomic E-state index is 0.291. The van der Waals surface area contributed by atoms with Crippen LogP contribution in [0.2, 0.25) is 5.02 Å². The van der Waals surface area contributed by atoms with Gasteiger partial charge in [-0.05, 0) is 45.0 Å². The molecule has 0 saturated heterocycles. The number of halogens is 1. The molecule has 0 aromatic carbocycles. The van der Waals surface area contributed by atoms with Gasteiger partial charge in [0.25, 0.3) is 0 Å². The van der Waals surface area contributed by atoms with Gasteiger partial charge in [0, 0.05) is 12.2 Å². The van der Waals surface area contributed by atoms with Crippen molar-refractivity contribution in [3.05, 3.63) is 40.3 Å². The number of nitrogens with one attached hydrogen (secondary N) is 1. The van der Waals surface area contributed by atoms with Crippen molar-refractivity contribution in [1.29, 1.82) is 0 Å². The fourth-order valence-electron chi connectivity index (χ4n) is 2.09. The third-order valence-electron chi connectivity index (χ3n) is 3.20. The lowest BCUT2D eigenvalue weighted by molar-refractivity contribution is 0.596. The summed E-state index contributed by atoms with van der Waals surface area (Å²) in [4.78, 5) is 4.38. The molecule has 5 heteroatoms. The molecule has 2 heterocycles. The molecule has 19 heavy (non-hydrogen) atoms. The zero-order valence-electron chi connectivity index (χ0n) is 11.7. The Labute approximate surface area is 118 Å². The highest BCUT2D eigenvalue weighted by Gasteiger charge is 2.13. The lowest BCUT2D eigenvalue weighted by atomic mass is 10.1. The highest BCUT2D eigenvalue weighted by molar-refractivity contribution is 6.31. The van der Waals surface area contributed by atoms with Crippen LogP contribution in [0, 0.1) is 13.8 Å². The zero-order valence-corrected chi connectivity index (χ0v) is 12.5. The molecule has 0 saturated carbocycles. The Hall–Kier alpha value is -1.39. The van der Waals surface area contributed by atoms with Gasteiger partial charge in [0.1, 0.15) is 0 Å². The molecule has 0 radical (unpaired) electrons. The Morgan fingerprint density at radius 1 is 1.42 bits per heavy atom. The molecule has 2 aromatic rings. The Balaban J connectivity index is 2.40. The standard InChI is InChI=1S/C14H19ClN4/c1-5-16-9(2)12-6-7-17-13(8-12)19-11(4)14(15)10(3)18-19/h6-9,16H,5H2,1-4H3. The topological polar surface area (TPSA) is 42.7 Å². The average Bonchev–Trinajstić information content (AvgIpc) is 2.67. The molecular formula is C14H19ClN4. The third-order valence-corrected chi connectivity index (χ3v) is 3.75. The van der Waals surface area contributed by atoms with Crippen LogP contribution in [0.5, 0.6) is 0 Å². The molecule has 0 spiro atoms. The molecule has 0 bridgehead atoms. The van der Waals surface area contributed by atoms with Crippen molar-refractivity contribution in [2.24, 2.45) is 0 Å². The molecule has 0 amide bonds. The molecule has 0 aliphatic rings. The van der Waals surface area contributed by atoms with Crippen molar-refractivity contribution < 1.29 is 0 Å².